The van der Waals surface area contributed by atoms with E-state index in [0.717, 1.165) is 19.7 Å². The van der Waals surface area contributed by atoms with Crippen LogP contribution in [0.15, 0.2) is 0 Å². The summed E-state index contributed by atoms with van der Waals surface area (Å²) in [7, 11) is 2.18. The zero-order valence-electron chi connectivity index (χ0n) is 13.2. The highest BCUT2D eigenvalue weighted by molar-refractivity contribution is 4.61. The monoisotopic (exact) mass is 258 g/mol. The molecule has 0 aromatic rings. The van der Waals surface area contributed by atoms with Gasteiger partial charge in [0.15, 0.2) is 0 Å². The van der Waals surface area contributed by atoms with Crippen molar-refractivity contribution >= 4 is 0 Å². The first-order valence-electron chi connectivity index (χ1n) is 7.59. The predicted octanol–water partition coefficient (Wildman–Crippen LogP) is 2.90. The number of likely N-dealkylation sites (N-methyl/N-ethyl adjacent to an activating group) is 1. The molecular formula is C15H34N2O. The van der Waals surface area contributed by atoms with Crippen LogP contribution in [0.25, 0.3) is 0 Å². The zero-order valence-corrected chi connectivity index (χ0v) is 13.2. The van der Waals surface area contributed by atoms with E-state index in [-0.39, 0.29) is 0 Å². The molecule has 0 amide bonds. The summed E-state index contributed by atoms with van der Waals surface area (Å²) in [5, 5.41) is 3.53. The van der Waals surface area contributed by atoms with Crippen molar-refractivity contribution in [1.29, 1.82) is 0 Å². The maximum atomic E-state index is 5.55. The molecule has 0 fully saturated rings. The van der Waals surface area contributed by atoms with E-state index in [1.54, 1.807) is 0 Å². The molecular weight excluding hydrogens is 224 g/mol. The molecule has 18 heavy (non-hydrogen) atoms. The molecule has 0 aromatic heterocycles. The molecule has 1 unspecified atom stereocenters. The van der Waals surface area contributed by atoms with Crippen LogP contribution in [0, 0.1) is 0 Å². The van der Waals surface area contributed by atoms with E-state index < -0.39 is 0 Å². The van der Waals surface area contributed by atoms with E-state index in [0.29, 0.717) is 12.1 Å². The van der Waals surface area contributed by atoms with Crippen molar-refractivity contribution in [3.8, 4) is 0 Å². The topological polar surface area (TPSA) is 24.5 Å². The molecule has 0 bridgehead atoms. The summed E-state index contributed by atoms with van der Waals surface area (Å²) >= 11 is 0. The second-order valence-electron chi connectivity index (χ2n) is 5.57. The Morgan fingerprint density at radius 2 is 1.83 bits per heavy atom. The van der Waals surface area contributed by atoms with Gasteiger partial charge in [0.1, 0.15) is 0 Å². The Morgan fingerprint density at radius 1 is 1.11 bits per heavy atom. The minimum Gasteiger partial charge on any atom is -0.377 e. The lowest BCUT2D eigenvalue weighted by atomic mass is 10.1. The van der Waals surface area contributed by atoms with Gasteiger partial charge in [-0.25, -0.2) is 0 Å². The number of rotatable bonds is 12. The first-order valence-corrected chi connectivity index (χ1v) is 7.59. The van der Waals surface area contributed by atoms with Crippen LogP contribution in [0.3, 0.4) is 0 Å². The molecule has 0 saturated carbocycles. The largest absolute Gasteiger partial charge is 0.377 e. The van der Waals surface area contributed by atoms with Gasteiger partial charge < -0.3 is 15.0 Å². The summed E-state index contributed by atoms with van der Waals surface area (Å²) in [6.07, 6.45) is 5.46. The summed E-state index contributed by atoms with van der Waals surface area (Å²) in [6, 6.07) is 0.666. The molecule has 0 aliphatic heterocycles. The van der Waals surface area contributed by atoms with Crippen LogP contribution in [-0.2, 0) is 4.74 Å². The third-order valence-electron chi connectivity index (χ3n) is 3.09. The van der Waals surface area contributed by atoms with Crippen molar-refractivity contribution in [2.45, 2.75) is 65.5 Å². The second kappa shape index (κ2) is 11.9. The molecule has 0 radical (unpaired) electrons. The summed E-state index contributed by atoms with van der Waals surface area (Å²) in [5.41, 5.74) is 0. The zero-order chi connectivity index (χ0) is 13.8. The van der Waals surface area contributed by atoms with Gasteiger partial charge in [-0.05, 0) is 60.2 Å². The Bertz CT molecular complexity index is 174. The van der Waals surface area contributed by atoms with Crippen LogP contribution >= 0.6 is 0 Å². The fourth-order valence-electron chi connectivity index (χ4n) is 1.88. The Labute approximate surface area is 114 Å². The molecule has 0 spiro atoms. The third-order valence-corrected chi connectivity index (χ3v) is 3.09. The highest BCUT2D eigenvalue weighted by atomic mass is 16.5. The summed E-state index contributed by atoms with van der Waals surface area (Å²) in [6.45, 7) is 12.9. The molecule has 1 atom stereocenters. The van der Waals surface area contributed by atoms with Gasteiger partial charge in [-0.3, -0.25) is 0 Å². The summed E-state index contributed by atoms with van der Waals surface area (Å²) in [4.78, 5) is 2.37. The van der Waals surface area contributed by atoms with Crippen molar-refractivity contribution in [3.05, 3.63) is 0 Å². The molecule has 1 N–H and O–H groups in total. The minimum absolute atomic E-state index is 0.351. The fraction of sp³-hybridized carbons (Fsp3) is 1.00. The van der Waals surface area contributed by atoms with Crippen LogP contribution in [-0.4, -0.2) is 50.3 Å². The predicted molar refractivity (Wildman–Crippen MR) is 80.2 cm³/mol. The number of ether oxygens (including phenoxy) is 1. The van der Waals surface area contributed by atoms with Gasteiger partial charge in [0.05, 0.1) is 12.7 Å². The Balaban J connectivity index is 3.31. The van der Waals surface area contributed by atoms with Crippen LogP contribution in [0.4, 0.5) is 0 Å². The highest BCUT2D eigenvalue weighted by Gasteiger charge is 2.02. The average Bonchev–Trinajstić information content (AvgIpc) is 2.31. The molecule has 0 rings (SSSR count). The molecule has 0 saturated heterocycles. The van der Waals surface area contributed by atoms with Gasteiger partial charge >= 0.3 is 0 Å². The van der Waals surface area contributed by atoms with Crippen molar-refractivity contribution < 1.29 is 4.74 Å². The molecule has 0 aliphatic rings. The summed E-state index contributed by atoms with van der Waals surface area (Å²) < 4.78 is 5.55. The van der Waals surface area contributed by atoms with Gasteiger partial charge in [-0.2, -0.15) is 0 Å². The number of unbranched alkanes of at least 4 members (excludes halogenated alkanes) is 1. The van der Waals surface area contributed by atoms with E-state index in [9.17, 15) is 0 Å². The maximum Gasteiger partial charge on any atom is 0.0596 e. The molecule has 110 valence electrons. The quantitative estimate of drug-likeness (QED) is 0.545. The normalized spacial score (nSPS) is 13.5. The highest BCUT2D eigenvalue weighted by Crippen LogP contribution is 2.02. The SMILES string of the molecule is CCCNC(C)CCCCN(C)CCOC(C)C. The van der Waals surface area contributed by atoms with Crippen LogP contribution < -0.4 is 5.32 Å². The Hall–Kier alpha value is -0.120. The standard InChI is InChI=1S/C15H34N2O/c1-6-10-16-15(4)9-7-8-11-17(5)12-13-18-14(2)3/h14-16H,6-13H2,1-5H3. The maximum absolute atomic E-state index is 5.55. The van der Waals surface area contributed by atoms with Gasteiger partial charge in [0, 0.05) is 12.6 Å². The molecule has 0 aromatic carbocycles. The number of nitrogens with zero attached hydrogens (tertiary/aromatic N) is 1. The lowest BCUT2D eigenvalue weighted by Crippen LogP contribution is -2.28. The third kappa shape index (κ3) is 12.3. The van der Waals surface area contributed by atoms with E-state index >= 15 is 0 Å². The molecule has 3 heteroatoms. The van der Waals surface area contributed by atoms with Gasteiger partial charge in [0.25, 0.3) is 0 Å². The Morgan fingerprint density at radius 3 is 2.44 bits per heavy atom. The van der Waals surface area contributed by atoms with Gasteiger partial charge in [-0.1, -0.05) is 13.3 Å². The van der Waals surface area contributed by atoms with E-state index in [1.165, 1.54) is 32.2 Å². The fourth-order valence-corrected chi connectivity index (χ4v) is 1.88. The molecule has 0 heterocycles. The molecule has 0 aliphatic carbocycles. The molecule has 3 nitrogen and oxygen atoms in total. The van der Waals surface area contributed by atoms with Crippen molar-refractivity contribution in [3.63, 3.8) is 0 Å². The first kappa shape index (κ1) is 17.9. The van der Waals surface area contributed by atoms with Crippen LogP contribution in [0.2, 0.25) is 0 Å². The van der Waals surface area contributed by atoms with E-state index in [4.69, 9.17) is 4.74 Å². The number of nitrogens with one attached hydrogen (secondary N) is 1. The first-order chi connectivity index (χ1) is 8.56. The minimum atomic E-state index is 0.351. The Kier molecular flexibility index (Phi) is 11.9. The summed E-state index contributed by atoms with van der Waals surface area (Å²) in [5.74, 6) is 0. The second-order valence-corrected chi connectivity index (χ2v) is 5.57. The number of hydrogen-bond acceptors (Lipinski definition) is 3. The van der Waals surface area contributed by atoms with Gasteiger partial charge in [-0.15, -0.1) is 0 Å². The van der Waals surface area contributed by atoms with Crippen molar-refractivity contribution in [2.24, 2.45) is 0 Å². The van der Waals surface area contributed by atoms with E-state index in [1.807, 2.05) is 0 Å². The van der Waals surface area contributed by atoms with Crippen LogP contribution in [0.1, 0.15) is 53.4 Å². The average molecular weight is 258 g/mol. The van der Waals surface area contributed by atoms with Crippen molar-refractivity contribution in [1.82, 2.24) is 10.2 Å². The lowest BCUT2D eigenvalue weighted by Gasteiger charge is -2.18. The number of hydrogen-bond donors (Lipinski definition) is 1. The van der Waals surface area contributed by atoms with E-state index in [2.05, 4.69) is 45.0 Å². The van der Waals surface area contributed by atoms with Gasteiger partial charge in [0.2, 0.25) is 0 Å². The lowest BCUT2D eigenvalue weighted by molar-refractivity contribution is 0.0636. The smallest absolute Gasteiger partial charge is 0.0596 e. The van der Waals surface area contributed by atoms with Crippen LogP contribution in [0.5, 0.6) is 0 Å². The van der Waals surface area contributed by atoms with Crippen molar-refractivity contribution in [2.75, 3.05) is 33.3 Å².